The first-order valence-corrected chi connectivity index (χ1v) is 10.5. The quantitative estimate of drug-likeness (QED) is 0.597. The molecule has 0 spiro atoms. The van der Waals surface area contributed by atoms with Crippen LogP contribution in [0.15, 0.2) is 28.7 Å². The zero-order chi connectivity index (χ0) is 21.3. The summed E-state index contributed by atoms with van der Waals surface area (Å²) in [5.41, 5.74) is 2.97. The Balaban J connectivity index is 1.49. The number of aromatic nitrogens is 1. The lowest BCUT2D eigenvalue weighted by Crippen LogP contribution is -2.32. The minimum absolute atomic E-state index is 0.0912. The lowest BCUT2D eigenvalue weighted by Gasteiger charge is -2.30. The Hall–Kier alpha value is -2.17. The summed E-state index contributed by atoms with van der Waals surface area (Å²) in [6, 6.07) is 8.11. The van der Waals surface area contributed by atoms with E-state index in [0.717, 1.165) is 42.7 Å². The largest absolute Gasteiger partial charge is 0.441 e. The lowest BCUT2D eigenvalue weighted by atomic mass is 9.95. The molecule has 1 aromatic carbocycles. The highest BCUT2D eigenvalue weighted by molar-refractivity contribution is 5.54. The number of hydrogen-bond acceptors (Lipinski definition) is 6. The summed E-state index contributed by atoms with van der Waals surface area (Å²) >= 11 is 0. The van der Waals surface area contributed by atoms with Crippen LogP contribution in [-0.2, 0) is 20.8 Å². The molecule has 162 valence electrons. The second-order valence-electron chi connectivity index (χ2n) is 7.77. The molecule has 2 aromatic rings. The molecule has 0 amide bonds. The van der Waals surface area contributed by atoms with E-state index in [1.54, 1.807) is 0 Å². The number of nitrogens with zero attached hydrogens (tertiary/aromatic N) is 1. The maximum Gasteiger partial charge on any atom is 0.226 e. The minimum atomic E-state index is -0.389. The highest BCUT2D eigenvalue weighted by atomic mass is 16.5. The van der Waals surface area contributed by atoms with Crippen LogP contribution in [0.2, 0.25) is 0 Å². The Labute approximate surface area is 178 Å². The Bertz CT molecular complexity index is 840. The second-order valence-corrected chi connectivity index (χ2v) is 7.77. The molecule has 1 saturated carbocycles. The molecule has 30 heavy (non-hydrogen) atoms. The van der Waals surface area contributed by atoms with E-state index in [4.69, 9.17) is 25.1 Å². The summed E-state index contributed by atoms with van der Waals surface area (Å²) in [4.78, 5) is 4.64. The normalized spacial score (nSPS) is 20.1. The molecule has 1 fully saturated rings. The standard InChI is InChI=1S/C24H31NO5/c1-4-11-27-22(14-26)15-28-20-9-6-10-21(13-20)29-16-23-18(3)30-24(25-23)19-8-5-7-17(2)12-19/h1,5,7-8,12,20-22,26H,6,9-11,13-16H2,2-3H3/t20-,21+,22-/m1/s1. The Morgan fingerprint density at radius 1 is 1.27 bits per heavy atom. The van der Waals surface area contributed by atoms with Gasteiger partial charge in [0.15, 0.2) is 0 Å². The van der Waals surface area contributed by atoms with Crippen LogP contribution in [0, 0.1) is 26.2 Å². The number of benzene rings is 1. The fraction of sp³-hybridized carbons (Fsp3) is 0.542. The van der Waals surface area contributed by atoms with Crippen LogP contribution in [0.1, 0.15) is 42.7 Å². The van der Waals surface area contributed by atoms with Gasteiger partial charge in [-0.25, -0.2) is 4.98 Å². The van der Waals surface area contributed by atoms with Gasteiger partial charge in [0, 0.05) is 5.56 Å². The summed E-state index contributed by atoms with van der Waals surface area (Å²) in [6.07, 6.45) is 8.84. The zero-order valence-electron chi connectivity index (χ0n) is 17.8. The van der Waals surface area contributed by atoms with Gasteiger partial charge in [0.25, 0.3) is 0 Å². The summed E-state index contributed by atoms with van der Waals surface area (Å²) < 4.78 is 23.3. The van der Waals surface area contributed by atoms with Crippen molar-refractivity contribution in [2.24, 2.45) is 0 Å². The molecule has 3 atom stereocenters. The van der Waals surface area contributed by atoms with E-state index in [-0.39, 0.29) is 31.5 Å². The van der Waals surface area contributed by atoms with Crippen LogP contribution < -0.4 is 0 Å². The number of rotatable bonds is 10. The minimum Gasteiger partial charge on any atom is -0.441 e. The third-order valence-electron chi connectivity index (χ3n) is 5.32. The maximum absolute atomic E-state index is 9.36. The molecule has 1 heterocycles. The highest BCUT2D eigenvalue weighted by Gasteiger charge is 2.25. The van der Waals surface area contributed by atoms with Crippen molar-refractivity contribution in [1.82, 2.24) is 4.98 Å². The molecule has 3 rings (SSSR count). The van der Waals surface area contributed by atoms with Gasteiger partial charge < -0.3 is 23.7 Å². The number of aryl methyl sites for hydroxylation is 2. The number of terminal acetylenes is 1. The molecular formula is C24H31NO5. The van der Waals surface area contributed by atoms with Crippen LogP contribution in [0.4, 0.5) is 0 Å². The Morgan fingerprint density at radius 2 is 2.07 bits per heavy atom. The lowest BCUT2D eigenvalue weighted by molar-refractivity contribution is -0.0882. The molecule has 0 saturated heterocycles. The van der Waals surface area contributed by atoms with E-state index in [1.165, 1.54) is 5.56 Å². The zero-order valence-corrected chi connectivity index (χ0v) is 17.8. The number of oxazole rings is 1. The van der Waals surface area contributed by atoms with Crippen LogP contribution in [0.3, 0.4) is 0 Å². The van der Waals surface area contributed by atoms with Gasteiger partial charge in [-0.05, 0) is 51.7 Å². The predicted octanol–water partition coefficient (Wildman–Crippen LogP) is 3.81. The van der Waals surface area contributed by atoms with Crippen LogP contribution in [0.5, 0.6) is 0 Å². The van der Waals surface area contributed by atoms with Crippen molar-refractivity contribution in [3.8, 4) is 23.8 Å². The van der Waals surface area contributed by atoms with Gasteiger partial charge >= 0.3 is 0 Å². The van der Waals surface area contributed by atoms with E-state index >= 15 is 0 Å². The number of aliphatic hydroxyl groups excluding tert-OH is 1. The maximum atomic E-state index is 9.36. The SMILES string of the molecule is C#CCO[C@H](CO)CO[C@@H]1CCC[C@H](OCc2nc(-c3cccc(C)c3)oc2C)C1. The van der Waals surface area contributed by atoms with Gasteiger partial charge in [-0.3, -0.25) is 0 Å². The van der Waals surface area contributed by atoms with Crippen LogP contribution in [0.25, 0.3) is 11.5 Å². The van der Waals surface area contributed by atoms with Crippen molar-refractivity contribution >= 4 is 0 Å². The monoisotopic (exact) mass is 413 g/mol. The van der Waals surface area contributed by atoms with E-state index in [9.17, 15) is 5.11 Å². The fourth-order valence-electron chi connectivity index (χ4n) is 3.63. The first-order chi connectivity index (χ1) is 14.6. The number of aliphatic hydroxyl groups is 1. The average Bonchev–Trinajstić information content (AvgIpc) is 3.13. The molecule has 0 radical (unpaired) electrons. The summed E-state index contributed by atoms with van der Waals surface area (Å²) in [5, 5.41) is 9.36. The van der Waals surface area contributed by atoms with Gasteiger partial charge in [0.05, 0.1) is 32.0 Å². The fourth-order valence-corrected chi connectivity index (χ4v) is 3.63. The van der Waals surface area contributed by atoms with Crippen molar-refractivity contribution in [3.05, 3.63) is 41.3 Å². The van der Waals surface area contributed by atoms with Gasteiger partial charge in [-0.15, -0.1) is 6.42 Å². The Morgan fingerprint density at radius 3 is 2.80 bits per heavy atom. The van der Waals surface area contributed by atoms with E-state index in [0.29, 0.717) is 19.1 Å². The van der Waals surface area contributed by atoms with E-state index in [1.807, 2.05) is 19.1 Å². The van der Waals surface area contributed by atoms with Crippen molar-refractivity contribution < 1.29 is 23.7 Å². The van der Waals surface area contributed by atoms with Crippen molar-refractivity contribution in [2.45, 2.75) is 64.4 Å². The smallest absolute Gasteiger partial charge is 0.226 e. The first kappa shape index (κ1) is 22.5. The molecule has 1 aliphatic rings. The topological polar surface area (TPSA) is 74.0 Å². The predicted molar refractivity (Wildman–Crippen MR) is 114 cm³/mol. The summed E-state index contributed by atoms with van der Waals surface area (Å²) in [7, 11) is 0. The molecule has 0 aliphatic heterocycles. The van der Waals surface area contributed by atoms with E-state index in [2.05, 4.69) is 30.0 Å². The summed E-state index contributed by atoms with van der Waals surface area (Å²) in [6.45, 7) is 4.79. The van der Waals surface area contributed by atoms with Crippen LogP contribution in [-0.4, -0.2) is 48.2 Å². The first-order valence-electron chi connectivity index (χ1n) is 10.5. The van der Waals surface area contributed by atoms with Gasteiger partial charge in [0.1, 0.15) is 24.2 Å². The third-order valence-corrected chi connectivity index (χ3v) is 5.32. The van der Waals surface area contributed by atoms with Crippen LogP contribution >= 0.6 is 0 Å². The molecule has 1 aliphatic carbocycles. The van der Waals surface area contributed by atoms with Crippen molar-refractivity contribution in [1.29, 1.82) is 0 Å². The molecule has 1 N–H and O–H groups in total. The average molecular weight is 414 g/mol. The van der Waals surface area contributed by atoms with Gasteiger partial charge in [0.2, 0.25) is 5.89 Å². The number of hydrogen-bond donors (Lipinski definition) is 1. The van der Waals surface area contributed by atoms with Crippen molar-refractivity contribution in [3.63, 3.8) is 0 Å². The van der Waals surface area contributed by atoms with Gasteiger partial charge in [-0.1, -0.05) is 23.6 Å². The molecule has 6 heteroatoms. The highest BCUT2D eigenvalue weighted by Crippen LogP contribution is 2.27. The summed E-state index contributed by atoms with van der Waals surface area (Å²) in [5.74, 6) is 3.82. The Kier molecular flexibility index (Phi) is 8.47. The van der Waals surface area contributed by atoms with Gasteiger partial charge in [-0.2, -0.15) is 0 Å². The molecule has 0 bridgehead atoms. The molecular weight excluding hydrogens is 382 g/mol. The molecule has 6 nitrogen and oxygen atoms in total. The van der Waals surface area contributed by atoms with E-state index < -0.39 is 0 Å². The van der Waals surface area contributed by atoms with Crippen molar-refractivity contribution in [2.75, 3.05) is 19.8 Å². The third kappa shape index (κ3) is 6.41. The second kappa shape index (κ2) is 11.3. The number of ether oxygens (including phenoxy) is 3. The molecule has 1 aromatic heterocycles. The molecule has 0 unspecified atom stereocenters.